The highest BCUT2D eigenvalue weighted by Crippen LogP contribution is 2.30. The third-order valence-corrected chi connectivity index (χ3v) is 4.85. The molecule has 1 atom stereocenters. The average molecular weight is 371 g/mol. The van der Waals surface area contributed by atoms with Gasteiger partial charge in [-0.05, 0) is 72.5 Å². The van der Waals surface area contributed by atoms with E-state index >= 15 is 0 Å². The van der Waals surface area contributed by atoms with E-state index in [1.807, 2.05) is 0 Å². The summed E-state index contributed by atoms with van der Waals surface area (Å²) in [6.07, 6.45) is 5.64. The lowest BCUT2D eigenvalue weighted by Crippen LogP contribution is -2.27. The zero-order valence-corrected chi connectivity index (χ0v) is 13.9. The molecule has 0 aromatic heterocycles. The number of benzene rings is 1. The quantitative estimate of drug-likeness (QED) is 0.778. The molecule has 19 heavy (non-hydrogen) atoms. The molecule has 0 spiro atoms. The molecule has 0 fully saturated rings. The van der Waals surface area contributed by atoms with Crippen LogP contribution in [0.5, 0.6) is 0 Å². The Balaban J connectivity index is 2.30. The summed E-state index contributed by atoms with van der Waals surface area (Å²) in [5, 5.41) is 3.63. The second kappa shape index (κ2) is 7.29. The van der Waals surface area contributed by atoms with E-state index in [1.165, 1.54) is 14.7 Å². The third-order valence-electron chi connectivity index (χ3n) is 3.38. The molecule has 0 saturated carbocycles. The highest BCUT2D eigenvalue weighted by atomic mass is 127. The molecule has 1 aromatic rings. The van der Waals surface area contributed by atoms with Gasteiger partial charge in [0.1, 0.15) is 5.76 Å². The summed E-state index contributed by atoms with van der Waals surface area (Å²) in [5.74, 6) is 1.10. The van der Waals surface area contributed by atoms with Gasteiger partial charge in [-0.3, -0.25) is 0 Å². The van der Waals surface area contributed by atoms with Crippen molar-refractivity contribution in [3.8, 4) is 0 Å². The third kappa shape index (κ3) is 3.72. The molecule has 0 radical (unpaired) electrons. The van der Waals surface area contributed by atoms with Gasteiger partial charge >= 0.3 is 0 Å². The van der Waals surface area contributed by atoms with Crippen LogP contribution in [0.15, 0.2) is 30.0 Å². The Morgan fingerprint density at radius 2 is 2.26 bits per heavy atom. The molecule has 1 aliphatic rings. The van der Waals surface area contributed by atoms with Crippen LogP contribution >= 0.6 is 22.6 Å². The molecule has 0 saturated heterocycles. The van der Waals surface area contributed by atoms with Crippen LogP contribution in [0.1, 0.15) is 43.4 Å². The Morgan fingerprint density at radius 3 is 2.95 bits per heavy atom. The molecule has 3 heteroatoms. The zero-order valence-electron chi connectivity index (χ0n) is 11.7. The van der Waals surface area contributed by atoms with Gasteiger partial charge in [0.15, 0.2) is 0 Å². The molecule has 1 unspecified atom stereocenters. The van der Waals surface area contributed by atoms with Crippen LogP contribution in [0.4, 0.5) is 0 Å². The van der Waals surface area contributed by atoms with E-state index in [-0.39, 0.29) is 6.04 Å². The molecule has 1 heterocycles. The van der Waals surface area contributed by atoms with Crippen molar-refractivity contribution < 1.29 is 4.74 Å². The van der Waals surface area contributed by atoms with Crippen molar-refractivity contribution in [2.75, 3.05) is 13.2 Å². The van der Waals surface area contributed by atoms with Gasteiger partial charge in [0.25, 0.3) is 0 Å². The summed E-state index contributed by atoms with van der Waals surface area (Å²) >= 11 is 2.45. The SMILES string of the molecule is CCCNC(C1=CCCCO1)c1cccc(C)c1I. The Bertz CT molecular complexity index is 456. The second-order valence-corrected chi connectivity index (χ2v) is 6.04. The summed E-state index contributed by atoms with van der Waals surface area (Å²) in [6, 6.07) is 6.71. The van der Waals surface area contributed by atoms with Crippen LogP contribution in [0.2, 0.25) is 0 Å². The Labute approximate surface area is 129 Å². The molecule has 0 bridgehead atoms. The fraction of sp³-hybridized carbons (Fsp3) is 0.500. The smallest absolute Gasteiger partial charge is 0.113 e. The van der Waals surface area contributed by atoms with Gasteiger partial charge in [0.2, 0.25) is 0 Å². The Kier molecular flexibility index (Phi) is 5.70. The number of hydrogen-bond acceptors (Lipinski definition) is 2. The van der Waals surface area contributed by atoms with E-state index in [1.54, 1.807) is 0 Å². The second-order valence-electron chi connectivity index (χ2n) is 4.96. The van der Waals surface area contributed by atoms with Gasteiger partial charge in [-0.2, -0.15) is 0 Å². The van der Waals surface area contributed by atoms with Crippen molar-refractivity contribution >= 4 is 22.6 Å². The van der Waals surface area contributed by atoms with Crippen LogP contribution in [-0.4, -0.2) is 13.2 Å². The minimum absolute atomic E-state index is 0.201. The largest absolute Gasteiger partial charge is 0.496 e. The first-order valence-electron chi connectivity index (χ1n) is 7.05. The maximum absolute atomic E-state index is 5.88. The highest BCUT2D eigenvalue weighted by molar-refractivity contribution is 14.1. The molecular weight excluding hydrogens is 349 g/mol. The van der Waals surface area contributed by atoms with E-state index < -0.39 is 0 Å². The number of ether oxygens (including phenoxy) is 1. The first-order chi connectivity index (χ1) is 9.24. The molecule has 2 rings (SSSR count). The monoisotopic (exact) mass is 371 g/mol. The average Bonchev–Trinajstić information content (AvgIpc) is 2.45. The molecular formula is C16H22INO. The van der Waals surface area contributed by atoms with Crippen LogP contribution in [-0.2, 0) is 4.74 Å². The fourth-order valence-electron chi connectivity index (χ4n) is 2.32. The number of nitrogens with one attached hydrogen (secondary N) is 1. The first kappa shape index (κ1) is 14.9. The van der Waals surface area contributed by atoms with Crippen LogP contribution in [0, 0.1) is 10.5 Å². The van der Waals surface area contributed by atoms with Crippen LogP contribution in [0.25, 0.3) is 0 Å². The summed E-state index contributed by atoms with van der Waals surface area (Å²) in [6.45, 7) is 6.22. The molecule has 1 aromatic carbocycles. The van der Waals surface area contributed by atoms with Gasteiger partial charge in [-0.1, -0.05) is 25.1 Å². The van der Waals surface area contributed by atoms with Gasteiger partial charge in [-0.25, -0.2) is 0 Å². The number of hydrogen-bond donors (Lipinski definition) is 1. The van der Waals surface area contributed by atoms with E-state index in [2.05, 4.69) is 66.0 Å². The fourth-order valence-corrected chi connectivity index (χ4v) is 2.99. The van der Waals surface area contributed by atoms with E-state index in [9.17, 15) is 0 Å². The predicted molar refractivity (Wildman–Crippen MR) is 88.2 cm³/mol. The maximum atomic E-state index is 5.88. The highest BCUT2D eigenvalue weighted by Gasteiger charge is 2.21. The molecule has 1 N–H and O–H groups in total. The first-order valence-corrected chi connectivity index (χ1v) is 8.13. The van der Waals surface area contributed by atoms with Crippen molar-refractivity contribution in [3.05, 3.63) is 44.7 Å². The lowest BCUT2D eigenvalue weighted by Gasteiger charge is -2.26. The van der Waals surface area contributed by atoms with Crippen LogP contribution < -0.4 is 5.32 Å². The number of rotatable bonds is 5. The van der Waals surface area contributed by atoms with Crippen molar-refractivity contribution in [3.63, 3.8) is 0 Å². The molecule has 2 nitrogen and oxygen atoms in total. The normalized spacial score (nSPS) is 16.7. The summed E-state index contributed by atoms with van der Waals surface area (Å²) in [7, 11) is 0. The predicted octanol–water partition coefficient (Wildman–Crippen LogP) is 4.33. The molecule has 104 valence electrons. The number of aryl methyl sites for hydroxylation is 1. The zero-order chi connectivity index (χ0) is 13.7. The van der Waals surface area contributed by atoms with E-state index in [0.717, 1.165) is 38.2 Å². The standard InChI is InChI=1S/C16H22INO/c1-3-10-18-16(14-9-4-5-11-19-14)13-8-6-7-12(2)15(13)17/h6-9,16,18H,3-5,10-11H2,1-2H3. The topological polar surface area (TPSA) is 21.3 Å². The molecule has 0 amide bonds. The lowest BCUT2D eigenvalue weighted by atomic mass is 10.0. The minimum atomic E-state index is 0.201. The van der Waals surface area contributed by atoms with Gasteiger partial charge in [-0.15, -0.1) is 0 Å². The van der Waals surface area contributed by atoms with Gasteiger partial charge in [0.05, 0.1) is 12.6 Å². The minimum Gasteiger partial charge on any atom is -0.496 e. The molecule has 1 aliphatic heterocycles. The van der Waals surface area contributed by atoms with Crippen molar-refractivity contribution in [2.45, 2.75) is 39.2 Å². The summed E-state index contributed by atoms with van der Waals surface area (Å²) in [4.78, 5) is 0. The Hall–Kier alpha value is -0.550. The van der Waals surface area contributed by atoms with Crippen molar-refractivity contribution in [2.24, 2.45) is 0 Å². The lowest BCUT2D eigenvalue weighted by molar-refractivity contribution is 0.167. The van der Waals surface area contributed by atoms with Crippen molar-refractivity contribution in [1.29, 1.82) is 0 Å². The summed E-state index contributed by atoms with van der Waals surface area (Å²) in [5.41, 5.74) is 2.67. The number of halogens is 1. The van der Waals surface area contributed by atoms with Gasteiger partial charge < -0.3 is 10.1 Å². The van der Waals surface area contributed by atoms with Crippen LogP contribution in [0.3, 0.4) is 0 Å². The molecule has 0 aliphatic carbocycles. The van der Waals surface area contributed by atoms with Crippen molar-refractivity contribution in [1.82, 2.24) is 5.32 Å². The maximum Gasteiger partial charge on any atom is 0.113 e. The van der Waals surface area contributed by atoms with E-state index in [0.29, 0.717) is 0 Å². The van der Waals surface area contributed by atoms with E-state index in [4.69, 9.17) is 4.74 Å². The number of allylic oxidation sites excluding steroid dienone is 1. The summed E-state index contributed by atoms with van der Waals surface area (Å²) < 4.78 is 7.22. The Morgan fingerprint density at radius 1 is 1.42 bits per heavy atom. The van der Waals surface area contributed by atoms with Gasteiger partial charge in [0, 0.05) is 3.57 Å².